The van der Waals surface area contributed by atoms with Gasteiger partial charge < -0.3 is 5.73 Å². The van der Waals surface area contributed by atoms with Gasteiger partial charge in [0.05, 0.1) is 0 Å². The van der Waals surface area contributed by atoms with Crippen LogP contribution >= 0.6 is 0 Å². The summed E-state index contributed by atoms with van der Waals surface area (Å²) in [4.78, 5) is 5.47. The summed E-state index contributed by atoms with van der Waals surface area (Å²) in [7, 11) is 0. The minimum Gasteiger partial charge on any atom is -0.329 e. The zero-order valence-corrected chi connectivity index (χ0v) is 13.7. The molecular weight excluding hydrogens is 246 g/mol. The number of nitrogens with zero attached hydrogens (tertiary/aromatic N) is 2. The van der Waals surface area contributed by atoms with Crippen LogP contribution in [0.3, 0.4) is 0 Å². The third-order valence-corrected chi connectivity index (χ3v) is 5.37. The molecule has 3 heteroatoms. The Morgan fingerprint density at radius 3 is 2.75 bits per heavy atom. The number of piperazine rings is 1. The van der Waals surface area contributed by atoms with Crippen molar-refractivity contribution in [1.82, 2.24) is 9.80 Å². The zero-order valence-electron chi connectivity index (χ0n) is 13.7. The summed E-state index contributed by atoms with van der Waals surface area (Å²) in [6.07, 6.45) is 11.0. The fraction of sp³-hybridized carbons (Fsp3) is 1.00. The minimum absolute atomic E-state index is 0.617. The average Bonchev–Trinajstić information content (AvgIpc) is 2.47. The van der Waals surface area contributed by atoms with Crippen molar-refractivity contribution in [3.8, 4) is 0 Å². The topological polar surface area (TPSA) is 32.5 Å². The molecule has 0 aromatic heterocycles. The first-order valence-corrected chi connectivity index (χ1v) is 8.96. The molecule has 0 aromatic carbocycles. The molecule has 118 valence electrons. The van der Waals surface area contributed by atoms with Crippen molar-refractivity contribution in [3.63, 3.8) is 0 Å². The Morgan fingerprint density at radius 1 is 1.15 bits per heavy atom. The van der Waals surface area contributed by atoms with E-state index in [9.17, 15) is 0 Å². The number of rotatable bonds is 7. The summed E-state index contributed by atoms with van der Waals surface area (Å²) in [5, 5.41) is 0. The van der Waals surface area contributed by atoms with E-state index >= 15 is 0 Å². The zero-order chi connectivity index (χ0) is 14.4. The molecule has 2 saturated heterocycles. The maximum absolute atomic E-state index is 6.09. The van der Waals surface area contributed by atoms with Gasteiger partial charge in [0, 0.05) is 37.8 Å². The van der Waals surface area contributed by atoms with Gasteiger partial charge in [-0.25, -0.2) is 0 Å². The highest BCUT2D eigenvalue weighted by atomic mass is 15.3. The SMILES string of the molecule is CCCCCCC(CN)N1CC2CCCCN2CC1C. The molecule has 0 bridgehead atoms. The van der Waals surface area contributed by atoms with E-state index in [1.165, 1.54) is 71.0 Å². The van der Waals surface area contributed by atoms with Crippen molar-refractivity contribution >= 4 is 0 Å². The molecule has 0 saturated carbocycles. The molecule has 2 heterocycles. The highest BCUT2D eigenvalue weighted by Crippen LogP contribution is 2.26. The van der Waals surface area contributed by atoms with Crippen LogP contribution in [0.4, 0.5) is 0 Å². The third-order valence-electron chi connectivity index (χ3n) is 5.37. The van der Waals surface area contributed by atoms with E-state index in [0.29, 0.717) is 12.1 Å². The standard InChI is InChI=1S/C17H35N3/c1-3-4-5-6-9-16(12-18)20-14-17-10-7-8-11-19(17)13-15(20)2/h15-17H,3-14,18H2,1-2H3. The summed E-state index contributed by atoms with van der Waals surface area (Å²) in [5.41, 5.74) is 6.09. The summed E-state index contributed by atoms with van der Waals surface area (Å²) >= 11 is 0. The lowest BCUT2D eigenvalue weighted by Crippen LogP contribution is -2.62. The molecule has 3 atom stereocenters. The normalized spacial score (nSPS) is 30.1. The number of unbranched alkanes of at least 4 members (excludes halogenated alkanes) is 3. The van der Waals surface area contributed by atoms with E-state index in [4.69, 9.17) is 5.73 Å². The molecule has 2 rings (SSSR count). The molecule has 0 aliphatic carbocycles. The molecule has 0 aromatic rings. The number of piperidine rings is 1. The van der Waals surface area contributed by atoms with Gasteiger partial charge in [0.1, 0.15) is 0 Å². The fourth-order valence-electron chi connectivity index (χ4n) is 4.11. The summed E-state index contributed by atoms with van der Waals surface area (Å²) in [6, 6.07) is 2.11. The molecule has 0 spiro atoms. The predicted octanol–water partition coefficient (Wildman–Crippen LogP) is 2.84. The fourth-order valence-corrected chi connectivity index (χ4v) is 4.11. The predicted molar refractivity (Wildman–Crippen MR) is 87.0 cm³/mol. The molecule has 0 amide bonds. The molecular formula is C17H35N3. The Balaban J connectivity index is 1.84. The Kier molecular flexibility index (Phi) is 6.79. The summed E-state index contributed by atoms with van der Waals surface area (Å²) in [6.45, 7) is 9.37. The molecule has 2 aliphatic heterocycles. The van der Waals surface area contributed by atoms with Crippen molar-refractivity contribution < 1.29 is 0 Å². The lowest BCUT2D eigenvalue weighted by molar-refractivity contribution is -0.00819. The van der Waals surface area contributed by atoms with Crippen LogP contribution in [0.15, 0.2) is 0 Å². The Bertz CT molecular complexity index is 269. The summed E-state index contributed by atoms with van der Waals surface area (Å²) < 4.78 is 0. The largest absolute Gasteiger partial charge is 0.329 e. The number of hydrogen-bond acceptors (Lipinski definition) is 3. The van der Waals surface area contributed by atoms with Crippen molar-refractivity contribution in [1.29, 1.82) is 0 Å². The number of hydrogen-bond donors (Lipinski definition) is 1. The first kappa shape index (κ1) is 16.3. The van der Waals surface area contributed by atoms with Crippen LogP contribution in [-0.4, -0.2) is 54.1 Å². The first-order valence-electron chi connectivity index (χ1n) is 8.96. The molecule has 20 heavy (non-hydrogen) atoms. The smallest absolute Gasteiger partial charge is 0.0224 e. The van der Waals surface area contributed by atoms with E-state index in [1.807, 2.05) is 0 Å². The number of fused-ring (bicyclic) bond motifs is 1. The van der Waals surface area contributed by atoms with Crippen LogP contribution < -0.4 is 5.73 Å². The van der Waals surface area contributed by atoms with Gasteiger partial charge in [0.2, 0.25) is 0 Å². The maximum atomic E-state index is 6.09. The van der Waals surface area contributed by atoms with Crippen LogP contribution in [0.5, 0.6) is 0 Å². The molecule has 2 aliphatic rings. The van der Waals surface area contributed by atoms with Crippen LogP contribution in [0, 0.1) is 0 Å². The second-order valence-electron chi connectivity index (χ2n) is 6.93. The van der Waals surface area contributed by atoms with E-state index < -0.39 is 0 Å². The van der Waals surface area contributed by atoms with E-state index in [1.54, 1.807) is 0 Å². The van der Waals surface area contributed by atoms with Crippen molar-refractivity contribution in [2.24, 2.45) is 5.73 Å². The highest BCUT2D eigenvalue weighted by Gasteiger charge is 2.35. The summed E-state index contributed by atoms with van der Waals surface area (Å²) in [5.74, 6) is 0. The molecule has 2 fully saturated rings. The van der Waals surface area contributed by atoms with Crippen LogP contribution in [0.2, 0.25) is 0 Å². The van der Waals surface area contributed by atoms with E-state index in [2.05, 4.69) is 23.6 Å². The van der Waals surface area contributed by atoms with Gasteiger partial charge in [-0.1, -0.05) is 39.0 Å². The Morgan fingerprint density at radius 2 is 2.00 bits per heavy atom. The minimum atomic E-state index is 0.617. The second-order valence-corrected chi connectivity index (χ2v) is 6.93. The second kappa shape index (κ2) is 8.35. The van der Waals surface area contributed by atoms with Gasteiger partial charge in [-0.15, -0.1) is 0 Å². The van der Waals surface area contributed by atoms with Gasteiger partial charge >= 0.3 is 0 Å². The molecule has 3 unspecified atom stereocenters. The van der Waals surface area contributed by atoms with Gasteiger partial charge in [-0.05, 0) is 32.7 Å². The lowest BCUT2D eigenvalue weighted by atomic mass is 9.94. The van der Waals surface area contributed by atoms with Gasteiger partial charge in [-0.2, -0.15) is 0 Å². The number of nitrogens with two attached hydrogens (primary N) is 1. The van der Waals surface area contributed by atoms with Crippen molar-refractivity contribution in [2.45, 2.75) is 83.3 Å². The van der Waals surface area contributed by atoms with Crippen LogP contribution in [0.25, 0.3) is 0 Å². The average molecular weight is 281 g/mol. The quantitative estimate of drug-likeness (QED) is 0.728. The van der Waals surface area contributed by atoms with Crippen LogP contribution in [-0.2, 0) is 0 Å². The van der Waals surface area contributed by atoms with Gasteiger partial charge in [0.25, 0.3) is 0 Å². The van der Waals surface area contributed by atoms with E-state index in [-0.39, 0.29) is 0 Å². The molecule has 3 nitrogen and oxygen atoms in total. The monoisotopic (exact) mass is 281 g/mol. The first-order chi connectivity index (χ1) is 9.76. The molecule has 0 radical (unpaired) electrons. The Hall–Kier alpha value is -0.120. The van der Waals surface area contributed by atoms with Gasteiger partial charge in [0.15, 0.2) is 0 Å². The van der Waals surface area contributed by atoms with E-state index in [0.717, 1.165) is 12.6 Å². The molecule has 2 N–H and O–H groups in total. The lowest BCUT2D eigenvalue weighted by Gasteiger charge is -2.50. The van der Waals surface area contributed by atoms with Crippen LogP contribution in [0.1, 0.15) is 65.2 Å². The highest BCUT2D eigenvalue weighted by molar-refractivity contribution is 4.92. The Labute approximate surface area is 125 Å². The third kappa shape index (κ3) is 4.19. The maximum Gasteiger partial charge on any atom is 0.0224 e. The van der Waals surface area contributed by atoms with Crippen molar-refractivity contribution in [3.05, 3.63) is 0 Å². The van der Waals surface area contributed by atoms with Crippen molar-refractivity contribution in [2.75, 3.05) is 26.2 Å². The van der Waals surface area contributed by atoms with Gasteiger partial charge in [-0.3, -0.25) is 9.80 Å².